The van der Waals surface area contributed by atoms with Crippen LogP contribution in [0, 0.1) is 0 Å². The van der Waals surface area contributed by atoms with E-state index in [9.17, 15) is 13.2 Å². The van der Waals surface area contributed by atoms with Crippen LogP contribution in [0.2, 0.25) is 0 Å². The summed E-state index contributed by atoms with van der Waals surface area (Å²) in [5.41, 5.74) is 2.15. The first-order valence-electron chi connectivity index (χ1n) is 6.16. The highest BCUT2D eigenvalue weighted by atomic mass is 19.4. The van der Waals surface area contributed by atoms with Gasteiger partial charge in [0, 0.05) is 6.54 Å². The first-order chi connectivity index (χ1) is 8.31. The van der Waals surface area contributed by atoms with E-state index in [4.69, 9.17) is 0 Å². The van der Waals surface area contributed by atoms with Crippen molar-refractivity contribution in [1.82, 2.24) is 4.90 Å². The molecule has 0 aliphatic heterocycles. The third kappa shape index (κ3) is 5.08. The Morgan fingerprint density at radius 2 is 1.72 bits per heavy atom. The Hall–Kier alpha value is -1.03. The van der Waals surface area contributed by atoms with E-state index in [1.54, 1.807) is 0 Å². The molecular weight excluding hydrogens is 239 g/mol. The van der Waals surface area contributed by atoms with Gasteiger partial charge < -0.3 is 0 Å². The van der Waals surface area contributed by atoms with Crippen molar-refractivity contribution in [3.8, 4) is 0 Å². The average Bonchev–Trinajstić information content (AvgIpc) is 2.26. The van der Waals surface area contributed by atoms with Gasteiger partial charge in [-0.3, -0.25) is 4.90 Å². The summed E-state index contributed by atoms with van der Waals surface area (Å²) in [6.45, 7) is 3.71. The van der Waals surface area contributed by atoms with Crippen LogP contribution in [0.5, 0.6) is 0 Å². The van der Waals surface area contributed by atoms with Crippen LogP contribution >= 0.6 is 0 Å². The van der Waals surface area contributed by atoms with Gasteiger partial charge in [0.25, 0.3) is 0 Å². The zero-order valence-electron chi connectivity index (χ0n) is 11.1. The van der Waals surface area contributed by atoms with Crippen LogP contribution in [0.3, 0.4) is 0 Å². The lowest BCUT2D eigenvalue weighted by atomic mass is 9.97. The summed E-state index contributed by atoms with van der Waals surface area (Å²) >= 11 is 0. The minimum Gasteiger partial charge on any atom is -0.294 e. The van der Waals surface area contributed by atoms with Gasteiger partial charge in [-0.05, 0) is 30.5 Å². The van der Waals surface area contributed by atoms with Crippen LogP contribution in [-0.4, -0.2) is 24.7 Å². The zero-order chi connectivity index (χ0) is 13.8. The van der Waals surface area contributed by atoms with E-state index < -0.39 is 12.7 Å². The Morgan fingerprint density at radius 1 is 1.17 bits per heavy atom. The molecule has 1 unspecified atom stereocenters. The van der Waals surface area contributed by atoms with E-state index in [2.05, 4.69) is 13.8 Å². The minimum atomic E-state index is -4.13. The van der Waals surface area contributed by atoms with Gasteiger partial charge >= 0.3 is 6.18 Å². The highest BCUT2D eigenvalue weighted by molar-refractivity contribution is 5.24. The molecule has 0 spiro atoms. The second-order valence-corrected chi connectivity index (χ2v) is 4.84. The molecule has 0 aliphatic rings. The molecule has 0 heterocycles. The molecule has 0 aliphatic carbocycles. The van der Waals surface area contributed by atoms with Crippen molar-refractivity contribution in [2.75, 3.05) is 13.6 Å². The van der Waals surface area contributed by atoms with E-state index in [1.807, 2.05) is 24.3 Å². The largest absolute Gasteiger partial charge is 0.401 e. The Morgan fingerprint density at radius 3 is 2.17 bits per heavy atom. The average molecular weight is 259 g/mol. The summed E-state index contributed by atoms with van der Waals surface area (Å²) in [6, 6.07) is 7.83. The molecule has 0 amide bonds. The highest BCUT2D eigenvalue weighted by Gasteiger charge is 2.28. The van der Waals surface area contributed by atoms with Crippen molar-refractivity contribution in [3.05, 3.63) is 35.4 Å². The van der Waals surface area contributed by atoms with Gasteiger partial charge in [0.15, 0.2) is 0 Å². The molecule has 0 saturated heterocycles. The molecule has 1 rings (SSSR count). The summed E-state index contributed by atoms with van der Waals surface area (Å²) in [4.78, 5) is 1.28. The second-order valence-electron chi connectivity index (χ2n) is 4.84. The molecule has 1 aromatic carbocycles. The molecule has 1 nitrogen and oxygen atoms in total. The normalized spacial score (nSPS) is 13.9. The summed E-state index contributed by atoms with van der Waals surface area (Å²) < 4.78 is 36.5. The molecule has 1 atom stereocenters. The van der Waals surface area contributed by atoms with Gasteiger partial charge in [-0.2, -0.15) is 13.2 Å². The summed E-state index contributed by atoms with van der Waals surface area (Å²) in [7, 11) is 1.48. The molecule has 0 aromatic heterocycles. The molecule has 0 N–H and O–H groups in total. The van der Waals surface area contributed by atoms with Gasteiger partial charge in [0.2, 0.25) is 0 Å². The predicted octanol–water partition coefficient (Wildman–Crippen LogP) is 4.19. The fourth-order valence-corrected chi connectivity index (χ4v) is 1.86. The van der Waals surface area contributed by atoms with Crippen LogP contribution in [0.4, 0.5) is 13.2 Å². The van der Waals surface area contributed by atoms with Gasteiger partial charge in [-0.1, -0.05) is 38.1 Å². The lowest BCUT2D eigenvalue weighted by Gasteiger charge is -2.19. The molecule has 4 heteroatoms. The van der Waals surface area contributed by atoms with Crippen molar-refractivity contribution in [3.63, 3.8) is 0 Å². The second kappa shape index (κ2) is 6.23. The van der Waals surface area contributed by atoms with Crippen LogP contribution in [0.15, 0.2) is 24.3 Å². The van der Waals surface area contributed by atoms with Gasteiger partial charge in [-0.25, -0.2) is 0 Å². The number of hydrogen-bond acceptors (Lipinski definition) is 1. The van der Waals surface area contributed by atoms with Crippen molar-refractivity contribution < 1.29 is 13.2 Å². The third-order valence-corrected chi connectivity index (χ3v) is 3.06. The maximum Gasteiger partial charge on any atom is 0.401 e. The van der Waals surface area contributed by atoms with E-state index in [0.29, 0.717) is 12.5 Å². The van der Waals surface area contributed by atoms with Crippen molar-refractivity contribution in [2.24, 2.45) is 0 Å². The number of nitrogens with zero attached hydrogens (tertiary/aromatic N) is 1. The van der Waals surface area contributed by atoms with E-state index >= 15 is 0 Å². The van der Waals surface area contributed by atoms with Crippen molar-refractivity contribution in [2.45, 2.75) is 38.9 Å². The number of hydrogen-bond donors (Lipinski definition) is 0. The standard InChI is InChI=1S/C14H20F3N/c1-4-11(2)13-7-5-12(6-8-13)9-18(3)10-14(15,16)17/h5-8,11H,4,9-10H2,1-3H3. The molecule has 0 saturated carbocycles. The fourth-order valence-electron chi connectivity index (χ4n) is 1.86. The topological polar surface area (TPSA) is 3.24 Å². The molecule has 0 bridgehead atoms. The zero-order valence-corrected chi connectivity index (χ0v) is 11.1. The lowest BCUT2D eigenvalue weighted by molar-refractivity contribution is -0.144. The number of rotatable bonds is 5. The quantitative estimate of drug-likeness (QED) is 0.766. The predicted molar refractivity (Wildman–Crippen MR) is 67.5 cm³/mol. The van der Waals surface area contributed by atoms with Gasteiger partial charge in [0.1, 0.15) is 0 Å². The van der Waals surface area contributed by atoms with Crippen LogP contribution in [0.1, 0.15) is 37.3 Å². The Labute approximate surface area is 107 Å². The number of benzene rings is 1. The van der Waals surface area contributed by atoms with Crippen LogP contribution in [0.25, 0.3) is 0 Å². The molecule has 0 radical (unpaired) electrons. The fraction of sp³-hybridized carbons (Fsp3) is 0.571. The smallest absolute Gasteiger partial charge is 0.294 e. The monoisotopic (exact) mass is 259 g/mol. The van der Waals surface area contributed by atoms with Gasteiger partial charge in [0.05, 0.1) is 6.54 Å². The maximum atomic E-state index is 12.2. The van der Waals surface area contributed by atoms with Crippen LogP contribution in [-0.2, 0) is 6.54 Å². The van der Waals surface area contributed by atoms with Gasteiger partial charge in [-0.15, -0.1) is 0 Å². The Balaban J connectivity index is 2.58. The summed E-state index contributed by atoms with van der Waals surface area (Å²) in [5, 5.41) is 0. The first kappa shape index (κ1) is 15.0. The first-order valence-corrected chi connectivity index (χ1v) is 6.16. The maximum absolute atomic E-state index is 12.2. The Bertz CT molecular complexity index is 356. The molecule has 0 fully saturated rings. The van der Waals surface area contributed by atoms with E-state index in [1.165, 1.54) is 17.5 Å². The van der Waals surface area contributed by atoms with E-state index in [0.717, 1.165) is 12.0 Å². The minimum absolute atomic E-state index is 0.320. The summed E-state index contributed by atoms with van der Waals surface area (Å²) in [5.74, 6) is 0.493. The Kier molecular flexibility index (Phi) is 5.20. The number of alkyl halides is 3. The molecular formula is C14H20F3N. The molecule has 1 aromatic rings. The third-order valence-electron chi connectivity index (χ3n) is 3.06. The van der Waals surface area contributed by atoms with Crippen LogP contribution < -0.4 is 0 Å². The van der Waals surface area contributed by atoms with E-state index in [-0.39, 0.29) is 0 Å². The SMILES string of the molecule is CCC(C)c1ccc(CN(C)CC(F)(F)F)cc1. The highest BCUT2D eigenvalue weighted by Crippen LogP contribution is 2.20. The number of halogens is 3. The summed E-state index contributed by atoms with van der Waals surface area (Å²) in [6.07, 6.45) is -3.07. The molecule has 102 valence electrons. The van der Waals surface area contributed by atoms with Crippen molar-refractivity contribution >= 4 is 0 Å². The molecule has 18 heavy (non-hydrogen) atoms. The van der Waals surface area contributed by atoms with Crippen molar-refractivity contribution in [1.29, 1.82) is 0 Å². The lowest BCUT2D eigenvalue weighted by Crippen LogP contribution is -2.30.